The van der Waals surface area contributed by atoms with Crippen molar-refractivity contribution in [3.8, 4) is 6.26 Å². The number of hydrogen-bond donors (Lipinski definition) is 0. The Labute approximate surface area is 109 Å². The zero-order valence-electron chi connectivity index (χ0n) is 10.1. The second kappa shape index (κ2) is 6.63. The Hall–Kier alpha value is -2.05. The van der Waals surface area contributed by atoms with Gasteiger partial charge in [0.25, 0.3) is 6.26 Å². The van der Waals surface area contributed by atoms with Crippen molar-refractivity contribution in [2.45, 2.75) is 6.04 Å². The van der Waals surface area contributed by atoms with Gasteiger partial charge in [-0.05, 0) is 6.04 Å². The molecule has 0 aromatic heterocycles. The van der Waals surface area contributed by atoms with Crippen molar-refractivity contribution < 1.29 is 4.74 Å². The minimum Gasteiger partial charge on any atom is -0.428 e. The second-order valence-corrected chi connectivity index (χ2v) is 7.12. The Morgan fingerprint density at radius 1 is 0.889 bits per heavy atom. The predicted octanol–water partition coefficient (Wildman–Crippen LogP) is 1.53. The molecule has 90 valence electrons. The minimum atomic E-state index is -1.26. The SMILES string of the molecule is N#COCC[SiH](c1ccccc1)c1ccccc1. The second-order valence-electron chi connectivity index (χ2n) is 4.10. The van der Waals surface area contributed by atoms with E-state index in [1.165, 1.54) is 10.4 Å². The van der Waals surface area contributed by atoms with Crippen molar-refractivity contribution >= 4 is 19.2 Å². The summed E-state index contributed by atoms with van der Waals surface area (Å²) in [7, 11) is -1.26. The van der Waals surface area contributed by atoms with E-state index >= 15 is 0 Å². The maximum absolute atomic E-state index is 8.46. The summed E-state index contributed by atoms with van der Waals surface area (Å²) in [5, 5.41) is 11.3. The Morgan fingerprint density at radius 3 is 1.83 bits per heavy atom. The molecule has 0 aliphatic rings. The molecule has 2 rings (SSSR count). The van der Waals surface area contributed by atoms with E-state index < -0.39 is 8.80 Å². The van der Waals surface area contributed by atoms with Crippen LogP contribution < -0.4 is 10.4 Å². The van der Waals surface area contributed by atoms with E-state index in [2.05, 4.69) is 48.5 Å². The van der Waals surface area contributed by atoms with Crippen LogP contribution >= 0.6 is 0 Å². The molecule has 0 aliphatic heterocycles. The van der Waals surface area contributed by atoms with Crippen molar-refractivity contribution in [1.29, 1.82) is 5.26 Å². The summed E-state index contributed by atoms with van der Waals surface area (Å²) in [4.78, 5) is 0. The molecule has 0 atom stereocenters. The number of benzene rings is 2. The number of nitrogens with zero attached hydrogens (tertiary/aromatic N) is 1. The molecule has 2 nitrogen and oxygen atoms in total. The summed E-state index contributed by atoms with van der Waals surface area (Å²) in [5.74, 6) is 0. The van der Waals surface area contributed by atoms with Gasteiger partial charge < -0.3 is 4.74 Å². The molecular weight excluding hydrogens is 238 g/mol. The first-order valence-electron chi connectivity index (χ1n) is 6.02. The van der Waals surface area contributed by atoms with Gasteiger partial charge in [-0.3, -0.25) is 0 Å². The van der Waals surface area contributed by atoms with Gasteiger partial charge in [0.1, 0.15) is 15.4 Å². The molecular formula is C15H15NOSi. The average molecular weight is 253 g/mol. The summed E-state index contributed by atoms with van der Waals surface area (Å²) in [6, 6.07) is 22.0. The largest absolute Gasteiger partial charge is 0.428 e. The van der Waals surface area contributed by atoms with E-state index in [-0.39, 0.29) is 0 Å². The Morgan fingerprint density at radius 2 is 1.39 bits per heavy atom. The van der Waals surface area contributed by atoms with Crippen LogP contribution in [0.5, 0.6) is 0 Å². The van der Waals surface area contributed by atoms with E-state index in [9.17, 15) is 0 Å². The Balaban J connectivity index is 2.21. The molecule has 2 aromatic rings. The standard InChI is InChI=1S/C15H15NOSi/c16-13-17-11-12-18(14-7-3-1-4-8-14)15-9-5-2-6-10-15/h1-10,18H,11-12H2. The highest BCUT2D eigenvalue weighted by atomic mass is 28.3. The van der Waals surface area contributed by atoms with Crippen molar-refractivity contribution in [3.05, 3.63) is 60.7 Å². The normalized spacial score (nSPS) is 10.0. The summed E-state index contributed by atoms with van der Waals surface area (Å²) in [6.45, 7) is 0.511. The van der Waals surface area contributed by atoms with Gasteiger partial charge in [-0.25, -0.2) is 0 Å². The molecule has 0 saturated carbocycles. The van der Waals surface area contributed by atoms with Crippen LogP contribution in [0.25, 0.3) is 0 Å². The molecule has 0 radical (unpaired) electrons. The van der Waals surface area contributed by atoms with Crippen LogP contribution in [0.1, 0.15) is 0 Å². The van der Waals surface area contributed by atoms with Crippen LogP contribution in [-0.4, -0.2) is 15.4 Å². The highest BCUT2D eigenvalue weighted by Crippen LogP contribution is 1.98. The number of hydrogen-bond acceptors (Lipinski definition) is 2. The lowest BCUT2D eigenvalue weighted by atomic mass is 10.4. The molecule has 0 heterocycles. The van der Waals surface area contributed by atoms with Crippen molar-refractivity contribution in [1.82, 2.24) is 0 Å². The van der Waals surface area contributed by atoms with Crippen molar-refractivity contribution in [2.24, 2.45) is 0 Å². The van der Waals surface area contributed by atoms with Crippen LogP contribution in [-0.2, 0) is 4.74 Å². The zero-order valence-corrected chi connectivity index (χ0v) is 11.3. The first kappa shape index (κ1) is 12.4. The smallest absolute Gasteiger partial charge is 0.286 e. The zero-order chi connectivity index (χ0) is 12.6. The topological polar surface area (TPSA) is 33.0 Å². The molecule has 0 amide bonds. The third-order valence-corrected chi connectivity index (χ3v) is 6.17. The first-order valence-corrected chi connectivity index (χ1v) is 7.99. The van der Waals surface area contributed by atoms with Gasteiger partial charge in [-0.15, -0.1) is 0 Å². The van der Waals surface area contributed by atoms with E-state index in [1.807, 2.05) is 12.1 Å². The van der Waals surface area contributed by atoms with Crippen LogP contribution in [0.4, 0.5) is 0 Å². The Bertz CT molecular complexity index is 468. The van der Waals surface area contributed by atoms with Gasteiger partial charge in [0, 0.05) is 0 Å². The summed E-state index contributed by atoms with van der Waals surface area (Å²) >= 11 is 0. The van der Waals surface area contributed by atoms with Gasteiger partial charge in [-0.2, -0.15) is 5.26 Å². The average Bonchev–Trinajstić information content (AvgIpc) is 2.46. The maximum atomic E-state index is 8.46. The summed E-state index contributed by atoms with van der Waals surface area (Å²) < 4.78 is 4.85. The quantitative estimate of drug-likeness (QED) is 0.460. The molecule has 0 aliphatic carbocycles. The molecule has 0 spiro atoms. The fourth-order valence-corrected chi connectivity index (χ4v) is 4.90. The predicted molar refractivity (Wildman–Crippen MR) is 75.7 cm³/mol. The van der Waals surface area contributed by atoms with E-state index in [0.717, 1.165) is 6.04 Å². The van der Waals surface area contributed by atoms with Crippen LogP contribution in [0.2, 0.25) is 6.04 Å². The molecule has 0 bridgehead atoms. The number of rotatable bonds is 5. The third-order valence-electron chi connectivity index (χ3n) is 2.98. The third kappa shape index (κ3) is 3.22. The van der Waals surface area contributed by atoms with Gasteiger partial charge >= 0.3 is 0 Å². The number of ether oxygens (including phenoxy) is 1. The molecule has 0 unspecified atom stereocenters. The van der Waals surface area contributed by atoms with Gasteiger partial charge in [0.05, 0.1) is 0 Å². The molecule has 0 saturated heterocycles. The molecule has 0 fully saturated rings. The fraction of sp³-hybridized carbons (Fsp3) is 0.133. The molecule has 0 N–H and O–H groups in total. The lowest BCUT2D eigenvalue weighted by Gasteiger charge is -2.15. The lowest BCUT2D eigenvalue weighted by molar-refractivity contribution is 0.290. The monoisotopic (exact) mass is 253 g/mol. The maximum Gasteiger partial charge on any atom is 0.286 e. The summed E-state index contributed by atoms with van der Waals surface area (Å²) in [6.07, 6.45) is 1.75. The van der Waals surface area contributed by atoms with Gasteiger partial charge in [-0.1, -0.05) is 71.0 Å². The highest BCUT2D eigenvalue weighted by Gasteiger charge is 2.15. The van der Waals surface area contributed by atoms with Crippen molar-refractivity contribution in [2.75, 3.05) is 6.61 Å². The molecule has 18 heavy (non-hydrogen) atoms. The lowest BCUT2D eigenvalue weighted by Crippen LogP contribution is -2.42. The van der Waals surface area contributed by atoms with Gasteiger partial charge in [0.15, 0.2) is 0 Å². The molecule has 2 aromatic carbocycles. The summed E-state index contributed by atoms with van der Waals surface area (Å²) in [5.41, 5.74) is 0. The Kier molecular flexibility index (Phi) is 4.57. The van der Waals surface area contributed by atoms with Gasteiger partial charge in [0.2, 0.25) is 0 Å². The van der Waals surface area contributed by atoms with E-state index in [4.69, 9.17) is 10.00 Å². The minimum absolute atomic E-state index is 0.511. The van der Waals surface area contributed by atoms with E-state index in [1.54, 1.807) is 6.26 Å². The van der Waals surface area contributed by atoms with Crippen LogP contribution in [0.15, 0.2) is 60.7 Å². The number of nitriles is 1. The van der Waals surface area contributed by atoms with Crippen LogP contribution in [0.3, 0.4) is 0 Å². The van der Waals surface area contributed by atoms with Crippen LogP contribution in [0, 0.1) is 11.5 Å². The van der Waals surface area contributed by atoms with E-state index in [0.29, 0.717) is 6.61 Å². The highest BCUT2D eigenvalue weighted by molar-refractivity contribution is 6.85. The van der Waals surface area contributed by atoms with Crippen molar-refractivity contribution in [3.63, 3.8) is 0 Å². The molecule has 3 heteroatoms. The first-order chi connectivity index (χ1) is 8.92. The fourth-order valence-electron chi connectivity index (χ4n) is 2.12.